The van der Waals surface area contributed by atoms with Gasteiger partial charge in [-0.15, -0.1) is 22.0 Å². The summed E-state index contributed by atoms with van der Waals surface area (Å²) in [6.07, 6.45) is 0.425. The molecule has 0 bridgehead atoms. The molecule has 128 valence electrons. The van der Waals surface area contributed by atoms with E-state index in [1.807, 2.05) is 12.1 Å². The molecule has 1 aromatic heterocycles. The minimum absolute atomic E-state index is 0.0570. The van der Waals surface area contributed by atoms with Gasteiger partial charge in [-0.1, -0.05) is 52.8 Å². The fourth-order valence-corrected chi connectivity index (χ4v) is 3.80. The molecule has 2 aromatic carbocycles. The van der Waals surface area contributed by atoms with Crippen molar-refractivity contribution in [1.82, 2.24) is 10.2 Å². The molecule has 3 aromatic rings. The zero-order valence-electron chi connectivity index (χ0n) is 13.5. The van der Waals surface area contributed by atoms with Gasteiger partial charge in [-0.25, -0.2) is 0 Å². The Balaban J connectivity index is 1.49. The van der Waals surface area contributed by atoms with Crippen LogP contribution in [0, 0.1) is 6.92 Å². The second-order valence-corrected chi connectivity index (χ2v) is 7.96. The summed E-state index contributed by atoms with van der Waals surface area (Å²) in [5.41, 5.74) is 2.16. The first kappa shape index (κ1) is 17.9. The van der Waals surface area contributed by atoms with E-state index in [4.69, 9.17) is 11.6 Å². The van der Waals surface area contributed by atoms with Crippen LogP contribution < -0.4 is 5.32 Å². The van der Waals surface area contributed by atoms with E-state index in [1.165, 1.54) is 21.8 Å². The van der Waals surface area contributed by atoms with Gasteiger partial charge in [0, 0.05) is 27.7 Å². The topological polar surface area (TPSA) is 54.9 Å². The lowest BCUT2D eigenvalue weighted by Crippen LogP contribution is -2.11. The summed E-state index contributed by atoms with van der Waals surface area (Å²) >= 11 is 8.90. The van der Waals surface area contributed by atoms with Crippen LogP contribution in [0.5, 0.6) is 0 Å². The van der Waals surface area contributed by atoms with E-state index in [0.717, 1.165) is 16.3 Å². The third kappa shape index (κ3) is 5.29. The third-order valence-corrected chi connectivity index (χ3v) is 5.53. The number of aryl methyl sites for hydroxylation is 1. The summed E-state index contributed by atoms with van der Waals surface area (Å²) in [4.78, 5) is 13.2. The predicted octanol–water partition coefficient (Wildman–Crippen LogP) is 5.29. The lowest BCUT2D eigenvalue weighted by Gasteiger charge is -2.02. The minimum atomic E-state index is -0.0570. The molecular formula is C18H16ClN3OS2. The average molecular weight is 390 g/mol. The van der Waals surface area contributed by atoms with Crippen molar-refractivity contribution in [2.75, 3.05) is 11.1 Å². The summed E-state index contributed by atoms with van der Waals surface area (Å²) in [5, 5.41) is 12.9. The van der Waals surface area contributed by atoms with Crippen LogP contribution in [0.2, 0.25) is 5.02 Å². The number of carbonyl (C=O) groups is 1. The summed E-state index contributed by atoms with van der Waals surface area (Å²) in [6, 6.07) is 15.7. The Kier molecular flexibility index (Phi) is 6.07. The molecule has 0 radical (unpaired) electrons. The standard InChI is InChI=1S/C18H16ClN3OS2/c1-12-2-8-15(9-3-12)24-11-10-16(23)20-18-22-21-17(25-18)13-4-6-14(19)7-5-13/h2-9H,10-11H2,1H3,(H,20,22,23). The lowest BCUT2D eigenvalue weighted by atomic mass is 10.2. The number of benzene rings is 2. The van der Waals surface area contributed by atoms with Crippen molar-refractivity contribution in [3.8, 4) is 10.6 Å². The highest BCUT2D eigenvalue weighted by Gasteiger charge is 2.10. The fourth-order valence-electron chi connectivity index (χ4n) is 2.06. The Morgan fingerprint density at radius 1 is 1.12 bits per heavy atom. The van der Waals surface area contributed by atoms with Crippen molar-refractivity contribution < 1.29 is 4.79 Å². The monoisotopic (exact) mass is 389 g/mol. The second-order valence-electron chi connectivity index (χ2n) is 5.38. The number of nitrogens with one attached hydrogen (secondary N) is 1. The van der Waals surface area contributed by atoms with Crippen LogP contribution in [0.4, 0.5) is 5.13 Å². The molecule has 0 atom stereocenters. The van der Waals surface area contributed by atoms with Crippen LogP contribution in [0.3, 0.4) is 0 Å². The van der Waals surface area contributed by atoms with Gasteiger partial charge in [0.25, 0.3) is 0 Å². The largest absolute Gasteiger partial charge is 0.300 e. The Morgan fingerprint density at radius 2 is 1.84 bits per heavy atom. The number of nitrogens with zero attached hydrogens (tertiary/aromatic N) is 2. The molecule has 25 heavy (non-hydrogen) atoms. The maximum absolute atomic E-state index is 12.0. The maximum atomic E-state index is 12.0. The Bertz CT molecular complexity index is 848. The molecule has 0 unspecified atom stereocenters. The molecule has 0 aliphatic carbocycles. The van der Waals surface area contributed by atoms with Gasteiger partial charge in [0.05, 0.1) is 0 Å². The normalized spacial score (nSPS) is 10.6. The maximum Gasteiger partial charge on any atom is 0.227 e. The number of hydrogen-bond donors (Lipinski definition) is 1. The van der Waals surface area contributed by atoms with Gasteiger partial charge < -0.3 is 5.32 Å². The zero-order chi connectivity index (χ0) is 17.6. The summed E-state index contributed by atoms with van der Waals surface area (Å²) in [7, 11) is 0. The first-order valence-electron chi connectivity index (χ1n) is 7.69. The van der Waals surface area contributed by atoms with E-state index in [0.29, 0.717) is 16.6 Å². The molecule has 4 nitrogen and oxygen atoms in total. The van der Waals surface area contributed by atoms with E-state index in [2.05, 4.69) is 46.7 Å². The molecule has 7 heteroatoms. The SMILES string of the molecule is Cc1ccc(SCCC(=O)Nc2nnc(-c3ccc(Cl)cc3)s2)cc1. The van der Waals surface area contributed by atoms with Crippen LogP contribution in [-0.4, -0.2) is 21.9 Å². The molecule has 0 saturated carbocycles. The number of halogens is 1. The summed E-state index contributed by atoms with van der Waals surface area (Å²) in [5.74, 6) is 0.663. The van der Waals surface area contributed by atoms with Gasteiger partial charge in [-0.3, -0.25) is 4.79 Å². The minimum Gasteiger partial charge on any atom is -0.300 e. The Morgan fingerprint density at radius 3 is 2.56 bits per heavy atom. The van der Waals surface area contributed by atoms with E-state index >= 15 is 0 Å². The van der Waals surface area contributed by atoms with Gasteiger partial charge >= 0.3 is 0 Å². The molecule has 0 spiro atoms. The highest BCUT2D eigenvalue weighted by atomic mass is 35.5. The molecule has 1 N–H and O–H groups in total. The van der Waals surface area contributed by atoms with Crippen molar-refractivity contribution in [2.45, 2.75) is 18.2 Å². The lowest BCUT2D eigenvalue weighted by molar-refractivity contribution is -0.115. The number of rotatable bonds is 6. The van der Waals surface area contributed by atoms with Crippen molar-refractivity contribution in [2.24, 2.45) is 0 Å². The summed E-state index contributed by atoms with van der Waals surface area (Å²) < 4.78 is 0. The number of carbonyl (C=O) groups excluding carboxylic acids is 1. The van der Waals surface area contributed by atoms with Gasteiger partial charge in [0.2, 0.25) is 11.0 Å². The number of thioether (sulfide) groups is 1. The van der Waals surface area contributed by atoms with Crippen molar-refractivity contribution >= 4 is 45.7 Å². The van der Waals surface area contributed by atoms with E-state index in [-0.39, 0.29) is 5.91 Å². The Hall–Kier alpha value is -1.89. The highest BCUT2D eigenvalue weighted by molar-refractivity contribution is 7.99. The number of anilines is 1. The molecule has 1 heterocycles. The average Bonchev–Trinajstić information content (AvgIpc) is 3.06. The van der Waals surface area contributed by atoms with Gasteiger partial charge in [0.1, 0.15) is 5.01 Å². The molecule has 0 aliphatic heterocycles. The van der Waals surface area contributed by atoms with Crippen LogP contribution in [0.1, 0.15) is 12.0 Å². The predicted molar refractivity (Wildman–Crippen MR) is 106 cm³/mol. The van der Waals surface area contributed by atoms with Crippen LogP contribution in [-0.2, 0) is 4.79 Å². The highest BCUT2D eigenvalue weighted by Crippen LogP contribution is 2.27. The zero-order valence-corrected chi connectivity index (χ0v) is 15.9. The first-order valence-corrected chi connectivity index (χ1v) is 9.87. The fraction of sp³-hybridized carbons (Fsp3) is 0.167. The van der Waals surface area contributed by atoms with Crippen molar-refractivity contribution in [3.05, 3.63) is 59.1 Å². The molecule has 1 amide bonds. The van der Waals surface area contributed by atoms with Gasteiger partial charge in [0.15, 0.2) is 0 Å². The van der Waals surface area contributed by atoms with E-state index in [9.17, 15) is 4.79 Å². The number of aromatic nitrogens is 2. The molecular weight excluding hydrogens is 374 g/mol. The third-order valence-electron chi connectivity index (χ3n) is 3.38. The number of amides is 1. The van der Waals surface area contributed by atoms with Crippen LogP contribution >= 0.6 is 34.7 Å². The molecule has 0 saturated heterocycles. The van der Waals surface area contributed by atoms with Gasteiger partial charge in [-0.05, 0) is 31.2 Å². The summed E-state index contributed by atoms with van der Waals surface area (Å²) in [6.45, 7) is 2.06. The van der Waals surface area contributed by atoms with Crippen molar-refractivity contribution in [3.63, 3.8) is 0 Å². The van der Waals surface area contributed by atoms with Gasteiger partial charge in [-0.2, -0.15) is 0 Å². The van der Waals surface area contributed by atoms with E-state index < -0.39 is 0 Å². The van der Waals surface area contributed by atoms with Crippen molar-refractivity contribution in [1.29, 1.82) is 0 Å². The number of hydrogen-bond acceptors (Lipinski definition) is 5. The molecule has 3 rings (SSSR count). The van der Waals surface area contributed by atoms with Crippen LogP contribution in [0.25, 0.3) is 10.6 Å². The van der Waals surface area contributed by atoms with Crippen LogP contribution in [0.15, 0.2) is 53.4 Å². The Labute approximate surface area is 159 Å². The smallest absolute Gasteiger partial charge is 0.227 e. The second kappa shape index (κ2) is 8.47. The molecule has 0 fully saturated rings. The quantitative estimate of drug-likeness (QED) is 0.582. The first-order chi connectivity index (χ1) is 12.1. The van der Waals surface area contributed by atoms with E-state index in [1.54, 1.807) is 23.9 Å². The molecule has 0 aliphatic rings.